The highest BCUT2D eigenvalue weighted by molar-refractivity contribution is 5.09. The summed E-state index contributed by atoms with van der Waals surface area (Å²) in [6.07, 6.45) is 13.9. The molecule has 0 aliphatic heterocycles. The molecule has 17 heavy (non-hydrogen) atoms. The van der Waals surface area contributed by atoms with Crippen LogP contribution in [0.2, 0.25) is 0 Å². The van der Waals surface area contributed by atoms with Gasteiger partial charge in [0.25, 0.3) is 0 Å². The van der Waals surface area contributed by atoms with Gasteiger partial charge >= 0.3 is 0 Å². The van der Waals surface area contributed by atoms with Crippen molar-refractivity contribution in [2.45, 2.75) is 51.0 Å². The predicted octanol–water partition coefficient (Wildman–Crippen LogP) is 3.48. The molecule has 1 heterocycles. The van der Waals surface area contributed by atoms with Crippen LogP contribution >= 0.6 is 0 Å². The number of rotatable bonds is 9. The lowest BCUT2D eigenvalue weighted by Crippen LogP contribution is -2.20. The SMILES string of the molecule is C=CCCCCCC(N)CCc1ccncc1. The van der Waals surface area contributed by atoms with E-state index >= 15 is 0 Å². The van der Waals surface area contributed by atoms with Gasteiger partial charge in [0.05, 0.1) is 0 Å². The normalized spacial score (nSPS) is 12.3. The number of nitrogens with zero attached hydrogens (tertiary/aromatic N) is 1. The Balaban J connectivity index is 2.05. The van der Waals surface area contributed by atoms with Crippen LogP contribution in [0.1, 0.15) is 44.1 Å². The third-order valence-corrected chi connectivity index (χ3v) is 3.04. The van der Waals surface area contributed by atoms with E-state index in [0.717, 1.165) is 25.7 Å². The second kappa shape index (κ2) is 8.94. The van der Waals surface area contributed by atoms with E-state index in [2.05, 4.69) is 23.7 Å². The minimum Gasteiger partial charge on any atom is -0.328 e. The molecule has 1 unspecified atom stereocenters. The summed E-state index contributed by atoms with van der Waals surface area (Å²) < 4.78 is 0. The molecule has 0 aromatic carbocycles. The van der Waals surface area contributed by atoms with Gasteiger partial charge in [0.1, 0.15) is 0 Å². The molecule has 0 aliphatic rings. The molecule has 2 N–H and O–H groups in total. The van der Waals surface area contributed by atoms with Crippen LogP contribution in [0, 0.1) is 0 Å². The second-order valence-corrected chi connectivity index (χ2v) is 4.58. The van der Waals surface area contributed by atoms with Crippen molar-refractivity contribution >= 4 is 0 Å². The summed E-state index contributed by atoms with van der Waals surface area (Å²) >= 11 is 0. The standard InChI is InChI=1S/C15H24N2/c1-2-3-4-5-6-7-15(16)9-8-14-10-12-17-13-11-14/h2,10-13,15H,1,3-9,16H2. The number of nitrogens with two attached hydrogens (primary N) is 1. The summed E-state index contributed by atoms with van der Waals surface area (Å²) in [5, 5.41) is 0. The van der Waals surface area contributed by atoms with Gasteiger partial charge in [-0.3, -0.25) is 4.98 Å². The van der Waals surface area contributed by atoms with E-state index in [1.807, 2.05) is 18.5 Å². The van der Waals surface area contributed by atoms with Crippen LogP contribution in [0.3, 0.4) is 0 Å². The lowest BCUT2D eigenvalue weighted by Gasteiger charge is -2.11. The third-order valence-electron chi connectivity index (χ3n) is 3.04. The number of hydrogen-bond donors (Lipinski definition) is 1. The molecule has 2 heteroatoms. The van der Waals surface area contributed by atoms with E-state index in [0.29, 0.717) is 6.04 Å². The quantitative estimate of drug-likeness (QED) is 0.523. The Morgan fingerprint density at radius 2 is 1.94 bits per heavy atom. The zero-order valence-electron chi connectivity index (χ0n) is 10.6. The van der Waals surface area contributed by atoms with Gasteiger partial charge in [0, 0.05) is 18.4 Å². The summed E-state index contributed by atoms with van der Waals surface area (Å²) in [6, 6.07) is 4.47. The summed E-state index contributed by atoms with van der Waals surface area (Å²) in [5.41, 5.74) is 7.44. The molecule has 0 amide bonds. The molecule has 0 aliphatic carbocycles. The Bertz CT molecular complexity index is 295. The monoisotopic (exact) mass is 232 g/mol. The molecule has 0 radical (unpaired) electrons. The van der Waals surface area contributed by atoms with E-state index < -0.39 is 0 Å². The van der Waals surface area contributed by atoms with Crippen LogP contribution in [-0.2, 0) is 6.42 Å². The molecule has 0 saturated heterocycles. The van der Waals surface area contributed by atoms with Crippen LogP contribution in [-0.4, -0.2) is 11.0 Å². The van der Waals surface area contributed by atoms with Crippen molar-refractivity contribution in [2.75, 3.05) is 0 Å². The van der Waals surface area contributed by atoms with E-state index in [4.69, 9.17) is 5.73 Å². The second-order valence-electron chi connectivity index (χ2n) is 4.58. The highest BCUT2D eigenvalue weighted by atomic mass is 14.6. The molecule has 1 aromatic heterocycles. The maximum atomic E-state index is 6.10. The zero-order chi connectivity index (χ0) is 12.3. The fourth-order valence-corrected chi connectivity index (χ4v) is 1.92. The van der Waals surface area contributed by atoms with Crippen LogP contribution in [0.5, 0.6) is 0 Å². The molecular weight excluding hydrogens is 208 g/mol. The maximum Gasteiger partial charge on any atom is 0.0270 e. The van der Waals surface area contributed by atoms with Gasteiger partial charge in [0.2, 0.25) is 0 Å². The molecule has 0 spiro atoms. The summed E-state index contributed by atoms with van der Waals surface area (Å²) in [7, 11) is 0. The lowest BCUT2D eigenvalue weighted by molar-refractivity contribution is 0.524. The van der Waals surface area contributed by atoms with Gasteiger partial charge in [-0.25, -0.2) is 0 Å². The maximum absolute atomic E-state index is 6.10. The Morgan fingerprint density at radius 3 is 2.65 bits per heavy atom. The molecule has 0 fully saturated rings. The smallest absolute Gasteiger partial charge is 0.0270 e. The van der Waals surface area contributed by atoms with Crippen molar-refractivity contribution in [3.8, 4) is 0 Å². The fraction of sp³-hybridized carbons (Fsp3) is 0.533. The van der Waals surface area contributed by atoms with Crippen molar-refractivity contribution in [3.05, 3.63) is 42.7 Å². The van der Waals surface area contributed by atoms with E-state index in [1.165, 1.54) is 24.8 Å². The van der Waals surface area contributed by atoms with Crippen molar-refractivity contribution < 1.29 is 0 Å². The number of aryl methyl sites for hydroxylation is 1. The Labute approximate surface area is 105 Å². The van der Waals surface area contributed by atoms with Gasteiger partial charge < -0.3 is 5.73 Å². The third kappa shape index (κ3) is 6.90. The molecular formula is C15H24N2. The Morgan fingerprint density at radius 1 is 1.18 bits per heavy atom. The first kappa shape index (κ1) is 13.9. The summed E-state index contributed by atoms with van der Waals surface area (Å²) in [5.74, 6) is 0. The molecule has 1 atom stereocenters. The van der Waals surface area contributed by atoms with Gasteiger partial charge in [-0.05, 0) is 49.8 Å². The minimum atomic E-state index is 0.340. The van der Waals surface area contributed by atoms with Gasteiger partial charge in [-0.1, -0.05) is 18.9 Å². The highest BCUT2D eigenvalue weighted by Crippen LogP contribution is 2.09. The molecule has 0 bridgehead atoms. The molecule has 94 valence electrons. The van der Waals surface area contributed by atoms with Crippen molar-refractivity contribution in [1.29, 1.82) is 0 Å². The summed E-state index contributed by atoms with van der Waals surface area (Å²) in [6.45, 7) is 3.73. The molecule has 1 rings (SSSR count). The first-order chi connectivity index (χ1) is 8.33. The van der Waals surface area contributed by atoms with Crippen LogP contribution in [0.4, 0.5) is 0 Å². The van der Waals surface area contributed by atoms with Gasteiger partial charge in [0.15, 0.2) is 0 Å². The molecule has 0 saturated carbocycles. The molecule has 1 aromatic rings. The first-order valence-corrected chi connectivity index (χ1v) is 6.58. The first-order valence-electron chi connectivity index (χ1n) is 6.58. The Kier molecular flexibility index (Phi) is 7.32. The average Bonchev–Trinajstić information content (AvgIpc) is 2.37. The minimum absolute atomic E-state index is 0.340. The van der Waals surface area contributed by atoms with Crippen LogP contribution in [0.15, 0.2) is 37.2 Å². The molecule has 2 nitrogen and oxygen atoms in total. The number of unbranched alkanes of at least 4 members (excludes halogenated alkanes) is 3. The van der Waals surface area contributed by atoms with Crippen molar-refractivity contribution in [2.24, 2.45) is 5.73 Å². The van der Waals surface area contributed by atoms with Crippen molar-refractivity contribution in [3.63, 3.8) is 0 Å². The largest absolute Gasteiger partial charge is 0.328 e. The van der Waals surface area contributed by atoms with Gasteiger partial charge in [-0.2, -0.15) is 0 Å². The number of allylic oxidation sites excluding steroid dienone is 1. The van der Waals surface area contributed by atoms with E-state index in [1.54, 1.807) is 0 Å². The fourth-order valence-electron chi connectivity index (χ4n) is 1.92. The van der Waals surface area contributed by atoms with Gasteiger partial charge in [-0.15, -0.1) is 6.58 Å². The van der Waals surface area contributed by atoms with Crippen LogP contribution < -0.4 is 5.73 Å². The number of hydrogen-bond acceptors (Lipinski definition) is 2. The Hall–Kier alpha value is -1.15. The predicted molar refractivity (Wildman–Crippen MR) is 73.8 cm³/mol. The zero-order valence-corrected chi connectivity index (χ0v) is 10.6. The van der Waals surface area contributed by atoms with E-state index in [9.17, 15) is 0 Å². The number of aromatic nitrogens is 1. The van der Waals surface area contributed by atoms with Crippen LogP contribution in [0.25, 0.3) is 0 Å². The number of pyridine rings is 1. The topological polar surface area (TPSA) is 38.9 Å². The highest BCUT2D eigenvalue weighted by Gasteiger charge is 2.02. The van der Waals surface area contributed by atoms with Crippen molar-refractivity contribution in [1.82, 2.24) is 4.98 Å². The van der Waals surface area contributed by atoms with E-state index in [-0.39, 0.29) is 0 Å². The summed E-state index contributed by atoms with van der Waals surface area (Å²) in [4.78, 5) is 4.01. The lowest BCUT2D eigenvalue weighted by atomic mass is 10.0. The average molecular weight is 232 g/mol.